The lowest BCUT2D eigenvalue weighted by molar-refractivity contribution is -0.123. The number of ether oxygens (including phenoxy) is 1. The lowest BCUT2D eigenvalue weighted by Gasteiger charge is -2.20. The standard InChI is InChI=1S/C17H28N2O4S/c1-6-7-13(2)18-16(20)12-23-14-8-10-15(11-9-14)24(21,22)19-17(3,4)5/h8-11,13,19H,6-7,12H2,1-5H3,(H,18,20)/t13-/m0/s1. The van der Waals surface area contributed by atoms with Crippen molar-refractivity contribution in [3.8, 4) is 5.75 Å². The maximum absolute atomic E-state index is 12.2. The minimum absolute atomic E-state index is 0.0968. The van der Waals surface area contributed by atoms with Gasteiger partial charge in [-0.2, -0.15) is 0 Å². The summed E-state index contributed by atoms with van der Waals surface area (Å²) in [5.41, 5.74) is -0.554. The van der Waals surface area contributed by atoms with E-state index in [1.165, 1.54) is 12.1 Å². The molecule has 1 aromatic carbocycles. The average molecular weight is 356 g/mol. The van der Waals surface area contributed by atoms with Gasteiger partial charge in [0.2, 0.25) is 10.0 Å². The van der Waals surface area contributed by atoms with E-state index >= 15 is 0 Å². The Bertz CT molecular complexity index is 634. The zero-order chi connectivity index (χ0) is 18.4. The molecule has 0 spiro atoms. The summed E-state index contributed by atoms with van der Waals surface area (Å²) in [5.74, 6) is 0.255. The van der Waals surface area contributed by atoms with Crippen molar-refractivity contribution < 1.29 is 17.9 Å². The number of carbonyl (C=O) groups is 1. The number of sulfonamides is 1. The molecule has 0 aliphatic carbocycles. The fraction of sp³-hybridized carbons (Fsp3) is 0.588. The van der Waals surface area contributed by atoms with E-state index in [1.54, 1.807) is 32.9 Å². The SMILES string of the molecule is CCC[C@H](C)NC(=O)COc1ccc(S(=O)(=O)NC(C)(C)C)cc1. The van der Waals surface area contributed by atoms with Crippen LogP contribution >= 0.6 is 0 Å². The minimum atomic E-state index is -3.57. The lowest BCUT2D eigenvalue weighted by Crippen LogP contribution is -2.40. The number of amides is 1. The smallest absolute Gasteiger partial charge is 0.258 e. The molecule has 7 heteroatoms. The predicted octanol–water partition coefficient (Wildman–Crippen LogP) is 2.45. The Morgan fingerprint density at radius 3 is 2.29 bits per heavy atom. The first-order chi connectivity index (χ1) is 11.0. The monoisotopic (exact) mass is 356 g/mol. The zero-order valence-corrected chi connectivity index (χ0v) is 15.9. The van der Waals surface area contributed by atoms with Crippen LogP contribution in [-0.4, -0.2) is 32.5 Å². The second-order valence-corrected chi connectivity index (χ2v) is 8.56. The van der Waals surface area contributed by atoms with Crippen LogP contribution in [0.5, 0.6) is 5.75 Å². The normalized spacial score (nSPS) is 13.4. The molecule has 24 heavy (non-hydrogen) atoms. The number of hydrogen-bond donors (Lipinski definition) is 2. The molecule has 0 fully saturated rings. The van der Waals surface area contributed by atoms with Gasteiger partial charge in [-0.1, -0.05) is 13.3 Å². The topological polar surface area (TPSA) is 84.5 Å². The van der Waals surface area contributed by atoms with Gasteiger partial charge >= 0.3 is 0 Å². The first kappa shape index (κ1) is 20.4. The summed E-state index contributed by atoms with van der Waals surface area (Å²) < 4.78 is 32.4. The Balaban J connectivity index is 2.61. The number of benzene rings is 1. The summed E-state index contributed by atoms with van der Waals surface area (Å²) in [6.45, 7) is 9.24. The van der Waals surface area contributed by atoms with Gasteiger partial charge in [-0.3, -0.25) is 4.79 Å². The van der Waals surface area contributed by atoms with Crippen molar-refractivity contribution >= 4 is 15.9 Å². The van der Waals surface area contributed by atoms with Crippen LogP contribution in [0.15, 0.2) is 29.2 Å². The van der Waals surface area contributed by atoms with Crippen molar-refractivity contribution in [3.63, 3.8) is 0 Å². The number of rotatable bonds is 8. The summed E-state index contributed by atoms with van der Waals surface area (Å²) >= 11 is 0. The first-order valence-electron chi connectivity index (χ1n) is 8.09. The highest BCUT2D eigenvalue weighted by Crippen LogP contribution is 2.17. The largest absolute Gasteiger partial charge is 0.484 e. The number of nitrogens with one attached hydrogen (secondary N) is 2. The molecule has 0 radical (unpaired) electrons. The number of carbonyl (C=O) groups excluding carboxylic acids is 1. The molecule has 136 valence electrons. The molecular formula is C17H28N2O4S. The molecule has 6 nitrogen and oxygen atoms in total. The highest BCUT2D eigenvalue weighted by atomic mass is 32.2. The van der Waals surface area contributed by atoms with Crippen LogP contribution in [0.4, 0.5) is 0 Å². The number of hydrogen-bond acceptors (Lipinski definition) is 4. The van der Waals surface area contributed by atoms with E-state index in [2.05, 4.69) is 17.0 Å². The van der Waals surface area contributed by atoms with Gasteiger partial charge in [0.15, 0.2) is 6.61 Å². The second-order valence-electron chi connectivity index (χ2n) is 6.87. The fourth-order valence-electron chi connectivity index (χ4n) is 2.15. The Morgan fingerprint density at radius 1 is 1.21 bits per heavy atom. The van der Waals surface area contributed by atoms with Gasteiger partial charge in [-0.25, -0.2) is 13.1 Å². The maximum atomic E-state index is 12.2. The molecule has 0 aliphatic rings. The molecule has 0 saturated carbocycles. The predicted molar refractivity (Wildman–Crippen MR) is 94.5 cm³/mol. The van der Waals surface area contributed by atoms with Crippen LogP contribution in [0.3, 0.4) is 0 Å². The van der Waals surface area contributed by atoms with Crippen molar-refractivity contribution in [1.29, 1.82) is 0 Å². The van der Waals surface area contributed by atoms with Crippen LogP contribution in [0.2, 0.25) is 0 Å². The van der Waals surface area contributed by atoms with Gasteiger partial charge in [0.05, 0.1) is 4.90 Å². The first-order valence-corrected chi connectivity index (χ1v) is 9.58. The molecule has 1 amide bonds. The molecule has 1 aromatic rings. The molecule has 0 heterocycles. The van der Waals surface area contributed by atoms with Gasteiger partial charge in [0.1, 0.15) is 5.75 Å². The van der Waals surface area contributed by atoms with Crippen LogP contribution in [0.25, 0.3) is 0 Å². The van der Waals surface area contributed by atoms with Gasteiger partial charge in [0, 0.05) is 11.6 Å². The molecule has 0 saturated heterocycles. The van der Waals surface area contributed by atoms with Crippen molar-refractivity contribution in [2.45, 2.75) is 63.9 Å². The van der Waals surface area contributed by atoms with Gasteiger partial charge in [0.25, 0.3) is 5.91 Å². The molecule has 1 rings (SSSR count). The van der Waals surface area contributed by atoms with Crippen molar-refractivity contribution in [3.05, 3.63) is 24.3 Å². The summed E-state index contributed by atoms with van der Waals surface area (Å²) in [4.78, 5) is 11.9. The van der Waals surface area contributed by atoms with E-state index in [0.717, 1.165) is 12.8 Å². The third-order valence-corrected chi connectivity index (χ3v) is 4.85. The van der Waals surface area contributed by atoms with E-state index in [4.69, 9.17) is 4.74 Å². The molecular weight excluding hydrogens is 328 g/mol. The van der Waals surface area contributed by atoms with Crippen LogP contribution < -0.4 is 14.8 Å². The highest BCUT2D eigenvalue weighted by Gasteiger charge is 2.21. The fourth-order valence-corrected chi connectivity index (χ4v) is 3.57. The third-order valence-electron chi connectivity index (χ3n) is 3.07. The van der Waals surface area contributed by atoms with Gasteiger partial charge in [-0.05, 0) is 58.4 Å². The van der Waals surface area contributed by atoms with E-state index < -0.39 is 15.6 Å². The molecule has 0 aliphatic heterocycles. The second kappa shape index (κ2) is 8.48. The average Bonchev–Trinajstić information content (AvgIpc) is 2.43. The quantitative estimate of drug-likeness (QED) is 0.749. The molecule has 1 atom stereocenters. The zero-order valence-electron chi connectivity index (χ0n) is 15.0. The third kappa shape index (κ3) is 7.31. The van der Waals surface area contributed by atoms with Crippen molar-refractivity contribution in [2.75, 3.05) is 6.61 Å². The van der Waals surface area contributed by atoms with Gasteiger partial charge in [-0.15, -0.1) is 0 Å². The Morgan fingerprint density at radius 2 is 1.79 bits per heavy atom. The molecule has 0 unspecified atom stereocenters. The summed E-state index contributed by atoms with van der Waals surface area (Å²) in [6, 6.07) is 6.12. The molecule has 2 N–H and O–H groups in total. The summed E-state index contributed by atoms with van der Waals surface area (Å²) in [5, 5.41) is 2.84. The van der Waals surface area contributed by atoms with Crippen LogP contribution in [-0.2, 0) is 14.8 Å². The Hall–Kier alpha value is -1.60. The van der Waals surface area contributed by atoms with E-state index in [-0.39, 0.29) is 23.5 Å². The van der Waals surface area contributed by atoms with Crippen LogP contribution in [0, 0.1) is 0 Å². The highest BCUT2D eigenvalue weighted by molar-refractivity contribution is 7.89. The van der Waals surface area contributed by atoms with E-state index in [1.807, 2.05) is 6.92 Å². The van der Waals surface area contributed by atoms with E-state index in [0.29, 0.717) is 5.75 Å². The Labute approximate surface area is 145 Å². The van der Waals surface area contributed by atoms with Crippen molar-refractivity contribution in [1.82, 2.24) is 10.0 Å². The minimum Gasteiger partial charge on any atom is -0.484 e. The van der Waals surface area contributed by atoms with Crippen molar-refractivity contribution in [2.24, 2.45) is 0 Å². The molecule has 0 bridgehead atoms. The summed E-state index contributed by atoms with van der Waals surface area (Å²) in [7, 11) is -3.57. The Kier molecular flexibility index (Phi) is 7.23. The van der Waals surface area contributed by atoms with Crippen LogP contribution in [0.1, 0.15) is 47.5 Å². The van der Waals surface area contributed by atoms with Gasteiger partial charge < -0.3 is 10.1 Å². The summed E-state index contributed by atoms with van der Waals surface area (Å²) in [6.07, 6.45) is 1.92. The molecule has 0 aromatic heterocycles. The lowest BCUT2D eigenvalue weighted by atomic mass is 10.1. The maximum Gasteiger partial charge on any atom is 0.258 e. The van der Waals surface area contributed by atoms with E-state index in [9.17, 15) is 13.2 Å².